The van der Waals surface area contributed by atoms with Gasteiger partial charge in [-0.2, -0.15) is 5.26 Å². The maximum atomic E-state index is 13.2. The molecule has 1 saturated heterocycles. The average Bonchev–Trinajstić information content (AvgIpc) is 2.38. The third-order valence-corrected chi connectivity index (χ3v) is 3.62. The highest BCUT2D eigenvalue weighted by atomic mass is 19.1. The number of amides is 1. The number of nitriles is 1. The Balaban J connectivity index is 2.16. The van der Waals surface area contributed by atoms with Crippen molar-refractivity contribution in [3.63, 3.8) is 0 Å². The summed E-state index contributed by atoms with van der Waals surface area (Å²) >= 11 is 0. The predicted molar refractivity (Wildman–Crippen MR) is 71.8 cm³/mol. The first-order valence-electron chi connectivity index (χ1n) is 6.40. The lowest BCUT2D eigenvalue weighted by molar-refractivity contribution is 0.101. The molecule has 6 heteroatoms. The number of carbonyl (C=O) groups is 1. The van der Waals surface area contributed by atoms with Crippen LogP contribution in [0.1, 0.15) is 19.8 Å². The molecule has 1 heterocycles. The van der Waals surface area contributed by atoms with Crippen molar-refractivity contribution < 1.29 is 14.3 Å². The molecule has 20 heavy (non-hydrogen) atoms. The lowest BCUT2D eigenvalue weighted by atomic mass is 9.84. The fourth-order valence-electron chi connectivity index (χ4n) is 2.62. The number of nitrogens with one attached hydrogen (secondary N) is 1. The second-order valence-corrected chi connectivity index (χ2v) is 5.11. The van der Waals surface area contributed by atoms with Crippen molar-refractivity contribution in [1.82, 2.24) is 4.90 Å². The molecular formula is C14H16FN3O2. The number of anilines is 1. The molecule has 0 spiro atoms. The summed E-state index contributed by atoms with van der Waals surface area (Å²) in [5, 5.41) is 21.5. The first-order chi connectivity index (χ1) is 9.46. The number of piperidine rings is 1. The molecule has 0 aromatic heterocycles. The minimum atomic E-state index is -0.977. The van der Waals surface area contributed by atoms with Crippen molar-refractivity contribution in [2.75, 3.05) is 11.9 Å². The summed E-state index contributed by atoms with van der Waals surface area (Å²) in [4.78, 5) is 12.4. The van der Waals surface area contributed by atoms with E-state index in [0.29, 0.717) is 18.5 Å². The van der Waals surface area contributed by atoms with E-state index in [0.717, 1.165) is 0 Å². The summed E-state index contributed by atoms with van der Waals surface area (Å²) in [5.74, 6) is -0.376. The van der Waals surface area contributed by atoms with Crippen LogP contribution in [-0.4, -0.2) is 34.2 Å². The van der Waals surface area contributed by atoms with Gasteiger partial charge in [-0.3, -0.25) is 0 Å². The SMILES string of the molecule is C[C@H]1CC(C#N)(Nc2cccc(F)c2)CCN1C(=O)O. The molecule has 1 fully saturated rings. The maximum Gasteiger partial charge on any atom is 0.407 e. The monoisotopic (exact) mass is 277 g/mol. The van der Waals surface area contributed by atoms with Gasteiger partial charge in [-0.1, -0.05) is 6.07 Å². The number of likely N-dealkylation sites (tertiary alicyclic amines) is 1. The fraction of sp³-hybridized carbons (Fsp3) is 0.429. The molecule has 1 aromatic carbocycles. The molecule has 1 unspecified atom stereocenters. The van der Waals surface area contributed by atoms with Gasteiger partial charge >= 0.3 is 6.09 Å². The molecule has 0 saturated carbocycles. The summed E-state index contributed by atoms with van der Waals surface area (Å²) < 4.78 is 13.2. The van der Waals surface area contributed by atoms with E-state index in [1.807, 2.05) is 0 Å². The summed E-state index contributed by atoms with van der Waals surface area (Å²) in [6.45, 7) is 2.05. The van der Waals surface area contributed by atoms with E-state index in [2.05, 4.69) is 11.4 Å². The minimum Gasteiger partial charge on any atom is -0.465 e. The number of benzene rings is 1. The Hall–Kier alpha value is -2.29. The molecule has 1 aliphatic rings. The molecular weight excluding hydrogens is 261 g/mol. The van der Waals surface area contributed by atoms with E-state index in [1.54, 1.807) is 19.1 Å². The molecule has 0 aliphatic carbocycles. The lowest BCUT2D eigenvalue weighted by Crippen LogP contribution is -2.53. The van der Waals surface area contributed by atoms with E-state index in [4.69, 9.17) is 5.11 Å². The Kier molecular flexibility index (Phi) is 3.79. The Morgan fingerprint density at radius 3 is 2.95 bits per heavy atom. The van der Waals surface area contributed by atoms with Gasteiger partial charge < -0.3 is 15.3 Å². The quantitative estimate of drug-likeness (QED) is 0.871. The summed E-state index contributed by atoms with van der Waals surface area (Å²) in [5.41, 5.74) is -0.332. The van der Waals surface area contributed by atoms with Crippen LogP contribution < -0.4 is 5.32 Å². The number of hydrogen-bond acceptors (Lipinski definition) is 3. The van der Waals surface area contributed by atoms with Crippen molar-refractivity contribution in [1.29, 1.82) is 5.26 Å². The third kappa shape index (κ3) is 2.82. The number of halogens is 1. The Morgan fingerprint density at radius 1 is 1.65 bits per heavy atom. The smallest absolute Gasteiger partial charge is 0.407 e. The zero-order valence-electron chi connectivity index (χ0n) is 11.1. The van der Waals surface area contributed by atoms with Crippen molar-refractivity contribution in [2.24, 2.45) is 0 Å². The van der Waals surface area contributed by atoms with Crippen molar-refractivity contribution in [2.45, 2.75) is 31.3 Å². The molecule has 0 bridgehead atoms. The average molecular weight is 277 g/mol. The molecule has 0 radical (unpaired) electrons. The summed E-state index contributed by atoms with van der Waals surface area (Å²) in [6, 6.07) is 7.88. The van der Waals surface area contributed by atoms with Crippen LogP contribution in [-0.2, 0) is 0 Å². The van der Waals surface area contributed by atoms with Crippen LogP contribution in [0.5, 0.6) is 0 Å². The van der Waals surface area contributed by atoms with Gasteiger partial charge in [0.25, 0.3) is 0 Å². The van der Waals surface area contributed by atoms with Crippen molar-refractivity contribution >= 4 is 11.8 Å². The second-order valence-electron chi connectivity index (χ2n) is 5.11. The highest BCUT2D eigenvalue weighted by Crippen LogP contribution is 2.30. The Morgan fingerprint density at radius 2 is 2.40 bits per heavy atom. The van der Waals surface area contributed by atoms with Gasteiger partial charge in [0.2, 0.25) is 0 Å². The standard InChI is InChI=1S/C14H16FN3O2/c1-10-8-14(9-16,5-6-18(10)13(19)20)17-12-4-2-3-11(15)7-12/h2-4,7,10,17H,5-6,8H2,1H3,(H,19,20)/t10-,14?/m0/s1. The zero-order valence-corrected chi connectivity index (χ0v) is 11.1. The van der Waals surface area contributed by atoms with Gasteiger partial charge in [0, 0.05) is 31.1 Å². The van der Waals surface area contributed by atoms with Crippen LogP contribution in [0.2, 0.25) is 0 Å². The Bertz CT molecular complexity index is 558. The largest absolute Gasteiger partial charge is 0.465 e. The van der Waals surface area contributed by atoms with E-state index in [-0.39, 0.29) is 18.4 Å². The molecule has 1 aromatic rings. The normalized spacial score (nSPS) is 25.9. The highest BCUT2D eigenvalue weighted by molar-refractivity contribution is 5.66. The van der Waals surface area contributed by atoms with E-state index >= 15 is 0 Å². The molecule has 2 N–H and O–H groups in total. The molecule has 106 valence electrons. The topological polar surface area (TPSA) is 76.4 Å². The third-order valence-electron chi connectivity index (χ3n) is 3.62. The van der Waals surface area contributed by atoms with Crippen LogP contribution in [0.3, 0.4) is 0 Å². The number of nitrogens with zero attached hydrogens (tertiary/aromatic N) is 2. The van der Waals surface area contributed by atoms with Gasteiger partial charge in [-0.15, -0.1) is 0 Å². The van der Waals surface area contributed by atoms with Gasteiger partial charge in [0.05, 0.1) is 6.07 Å². The first-order valence-corrected chi connectivity index (χ1v) is 6.40. The number of rotatable bonds is 2. The van der Waals surface area contributed by atoms with Crippen LogP contribution in [0.4, 0.5) is 14.9 Å². The van der Waals surface area contributed by atoms with Crippen LogP contribution >= 0.6 is 0 Å². The van der Waals surface area contributed by atoms with E-state index in [1.165, 1.54) is 17.0 Å². The van der Waals surface area contributed by atoms with E-state index < -0.39 is 11.6 Å². The second kappa shape index (κ2) is 5.37. The van der Waals surface area contributed by atoms with Crippen molar-refractivity contribution in [3.05, 3.63) is 30.1 Å². The van der Waals surface area contributed by atoms with Gasteiger partial charge in [0.15, 0.2) is 0 Å². The molecule has 5 nitrogen and oxygen atoms in total. The minimum absolute atomic E-state index is 0.262. The van der Waals surface area contributed by atoms with Gasteiger partial charge in [-0.25, -0.2) is 9.18 Å². The van der Waals surface area contributed by atoms with Crippen LogP contribution in [0.15, 0.2) is 24.3 Å². The van der Waals surface area contributed by atoms with Gasteiger partial charge in [0.1, 0.15) is 11.4 Å². The Labute approximate surface area is 116 Å². The van der Waals surface area contributed by atoms with E-state index in [9.17, 15) is 14.4 Å². The fourth-order valence-corrected chi connectivity index (χ4v) is 2.62. The van der Waals surface area contributed by atoms with Gasteiger partial charge in [-0.05, 0) is 25.1 Å². The molecule has 2 atom stereocenters. The van der Waals surface area contributed by atoms with Crippen molar-refractivity contribution in [3.8, 4) is 6.07 Å². The summed E-state index contributed by atoms with van der Waals surface area (Å²) in [7, 11) is 0. The van der Waals surface area contributed by atoms with Crippen LogP contribution in [0.25, 0.3) is 0 Å². The van der Waals surface area contributed by atoms with Crippen LogP contribution in [0, 0.1) is 17.1 Å². The highest BCUT2D eigenvalue weighted by Gasteiger charge is 2.40. The lowest BCUT2D eigenvalue weighted by Gasteiger charge is -2.41. The summed E-state index contributed by atoms with van der Waals surface area (Å²) in [6.07, 6.45) is -0.238. The predicted octanol–water partition coefficient (Wildman–Crippen LogP) is 2.66. The molecule has 1 aliphatic heterocycles. The number of hydrogen-bond donors (Lipinski definition) is 2. The molecule has 2 rings (SSSR count). The zero-order chi connectivity index (χ0) is 14.8. The molecule has 1 amide bonds. The first kappa shape index (κ1) is 14.1. The number of carboxylic acid groups (broad SMARTS) is 1. The maximum absolute atomic E-state index is 13.2.